The Morgan fingerprint density at radius 1 is 1.00 bits per heavy atom. The molecule has 0 aliphatic heterocycles. The predicted molar refractivity (Wildman–Crippen MR) is 117 cm³/mol. The highest BCUT2D eigenvalue weighted by Crippen LogP contribution is 2.31. The van der Waals surface area contributed by atoms with Crippen LogP contribution in [0.4, 0.5) is 0 Å². The third-order valence-corrected chi connectivity index (χ3v) is 5.52. The van der Waals surface area contributed by atoms with E-state index in [9.17, 15) is 4.79 Å². The zero-order valence-corrected chi connectivity index (χ0v) is 17.8. The first kappa shape index (κ1) is 20.7. The number of nitrogens with zero attached hydrogens (tertiary/aromatic N) is 2. The normalized spacial score (nSPS) is 10.8. The first-order valence-electron chi connectivity index (χ1n) is 9.48. The van der Waals surface area contributed by atoms with E-state index in [4.69, 9.17) is 18.7 Å². The van der Waals surface area contributed by atoms with E-state index in [2.05, 4.69) is 22.3 Å². The van der Waals surface area contributed by atoms with E-state index in [1.165, 1.54) is 11.8 Å². The first-order valence-corrected chi connectivity index (χ1v) is 10.5. The van der Waals surface area contributed by atoms with E-state index in [0.717, 1.165) is 15.7 Å². The molecule has 158 valence electrons. The molecule has 1 aromatic heterocycles. The number of rotatable bonds is 8. The Morgan fingerprint density at radius 2 is 1.84 bits per heavy atom. The van der Waals surface area contributed by atoms with Crippen molar-refractivity contribution in [2.75, 3.05) is 20.0 Å². The average Bonchev–Trinajstić information content (AvgIpc) is 3.29. The van der Waals surface area contributed by atoms with Gasteiger partial charge in [-0.1, -0.05) is 35.5 Å². The van der Waals surface area contributed by atoms with Gasteiger partial charge in [-0.2, -0.15) is 4.98 Å². The maximum atomic E-state index is 12.1. The summed E-state index contributed by atoms with van der Waals surface area (Å²) < 4.78 is 21.0. The Hall–Kier alpha value is -3.52. The molecule has 8 heteroatoms. The van der Waals surface area contributed by atoms with Crippen LogP contribution in [0.5, 0.6) is 11.5 Å². The molecule has 0 N–H and O–H groups in total. The van der Waals surface area contributed by atoms with Crippen molar-refractivity contribution in [2.45, 2.75) is 11.5 Å². The van der Waals surface area contributed by atoms with E-state index >= 15 is 0 Å². The Labute approximate surface area is 183 Å². The SMILES string of the molecule is COc1ccc(-c2noc(COC(=O)CSc3ccc4ccccc4c3)n2)c(OC)c1. The summed E-state index contributed by atoms with van der Waals surface area (Å²) in [4.78, 5) is 17.4. The fourth-order valence-corrected chi connectivity index (χ4v) is 3.73. The molecule has 4 aromatic rings. The van der Waals surface area contributed by atoms with Gasteiger partial charge in [0.2, 0.25) is 5.82 Å². The number of fused-ring (bicyclic) bond motifs is 1. The lowest BCUT2D eigenvalue weighted by atomic mass is 10.1. The van der Waals surface area contributed by atoms with Crippen molar-refractivity contribution >= 4 is 28.5 Å². The number of benzene rings is 3. The van der Waals surface area contributed by atoms with Crippen molar-refractivity contribution < 1.29 is 23.5 Å². The van der Waals surface area contributed by atoms with Crippen molar-refractivity contribution in [3.8, 4) is 22.9 Å². The quantitative estimate of drug-likeness (QED) is 0.289. The minimum atomic E-state index is -0.361. The van der Waals surface area contributed by atoms with Crippen molar-refractivity contribution in [1.82, 2.24) is 10.1 Å². The molecule has 0 atom stereocenters. The minimum absolute atomic E-state index is 0.0947. The van der Waals surface area contributed by atoms with Crippen LogP contribution in [0.25, 0.3) is 22.2 Å². The second-order valence-electron chi connectivity index (χ2n) is 6.54. The number of carbonyl (C=O) groups excluding carboxylic acids is 1. The third kappa shape index (κ3) is 4.97. The van der Waals surface area contributed by atoms with Gasteiger partial charge in [0, 0.05) is 11.0 Å². The summed E-state index contributed by atoms with van der Waals surface area (Å²) in [5.74, 6) is 1.58. The number of aromatic nitrogens is 2. The number of hydrogen-bond acceptors (Lipinski definition) is 8. The summed E-state index contributed by atoms with van der Waals surface area (Å²) in [6.07, 6.45) is 0. The smallest absolute Gasteiger partial charge is 0.316 e. The molecule has 0 saturated heterocycles. The van der Waals surface area contributed by atoms with Crippen molar-refractivity contribution in [1.29, 1.82) is 0 Å². The summed E-state index contributed by atoms with van der Waals surface area (Å²) in [6.45, 7) is -0.0947. The van der Waals surface area contributed by atoms with Gasteiger partial charge in [-0.05, 0) is 35.0 Å². The van der Waals surface area contributed by atoms with Crippen LogP contribution in [-0.4, -0.2) is 36.1 Å². The monoisotopic (exact) mass is 436 g/mol. The Kier molecular flexibility index (Phi) is 6.37. The Balaban J connectivity index is 1.33. The van der Waals surface area contributed by atoms with Crippen molar-refractivity contribution in [2.24, 2.45) is 0 Å². The molecule has 3 aromatic carbocycles. The highest BCUT2D eigenvalue weighted by atomic mass is 32.2. The molecule has 0 aliphatic carbocycles. The number of ether oxygens (including phenoxy) is 3. The van der Waals surface area contributed by atoms with E-state index in [1.54, 1.807) is 32.4 Å². The summed E-state index contributed by atoms with van der Waals surface area (Å²) in [7, 11) is 3.13. The molecule has 0 spiro atoms. The van der Waals surface area contributed by atoms with Crippen LogP contribution in [-0.2, 0) is 16.1 Å². The Bertz CT molecular complexity index is 1210. The van der Waals surface area contributed by atoms with Crippen LogP contribution in [0.2, 0.25) is 0 Å². The summed E-state index contributed by atoms with van der Waals surface area (Å²) in [5.41, 5.74) is 0.650. The summed E-state index contributed by atoms with van der Waals surface area (Å²) >= 11 is 1.42. The zero-order chi connectivity index (χ0) is 21.6. The molecule has 0 fully saturated rings. The maximum Gasteiger partial charge on any atom is 0.316 e. The standard InChI is InChI=1S/C23H20N2O5S/c1-27-17-8-10-19(20(12-17)28-2)23-24-21(30-25-23)13-29-22(26)14-31-18-9-7-15-5-3-4-6-16(15)11-18/h3-12H,13-14H2,1-2H3. The number of carbonyl (C=O) groups is 1. The number of methoxy groups -OCH3 is 2. The van der Waals surface area contributed by atoms with Gasteiger partial charge in [-0.3, -0.25) is 4.79 Å². The lowest BCUT2D eigenvalue weighted by Crippen LogP contribution is -2.07. The molecule has 0 unspecified atom stereocenters. The Morgan fingerprint density at radius 3 is 2.65 bits per heavy atom. The lowest BCUT2D eigenvalue weighted by molar-refractivity contribution is -0.142. The zero-order valence-electron chi connectivity index (χ0n) is 17.0. The van der Waals surface area contributed by atoms with Gasteiger partial charge in [0.1, 0.15) is 11.5 Å². The van der Waals surface area contributed by atoms with Crippen LogP contribution in [0.1, 0.15) is 5.89 Å². The molecular formula is C23H20N2O5S. The molecule has 0 saturated carbocycles. The highest BCUT2D eigenvalue weighted by molar-refractivity contribution is 8.00. The van der Waals surface area contributed by atoms with Crippen molar-refractivity contribution in [3.05, 3.63) is 66.6 Å². The molecule has 0 amide bonds. The van der Waals surface area contributed by atoms with E-state index in [0.29, 0.717) is 22.9 Å². The first-order chi connectivity index (χ1) is 15.2. The van der Waals surface area contributed by atoms with Gasteiger partial charge in [0.15, 0.2) is 6.61 Å². The molecule has 7 nitrogen and oxygen atoms in total. The predicted octanol–water partition coefficient (Wildman–Crippen LogP) is 4.74. The lowest BCUT2D eigenvalue weighted by Gasteiger charge is -2.07. The fourth-order valence-electron chi connectivity index (χ4n) is 2.99. The van der Waals surface area contributed by atoms with E-state index in [-0.39, 0.29) is 24.2 Å². The molecule has 0 aliphatic rings. The maximum absolute atomic E-state index is 12.1. The summed E-state index contributed by atoms with van der Waals surface area (Å²) in [5, 5.41) is 6.24. The van der Waals surface area contributed by atoms with Gasteiger partial charge in [0.05, 0.1) is 25.5 Å². The van der Waals surface area contributed by atoms with Crippen LogP contribution in [0.15, 0.2) is 70.1 Å². The van der Waals surface area contributed by atoms with Crippen LogP contribution < -0.4 is 9.47 Å². The summed E-state index contributed by atoms with van der Waals surface area (Å²) in [6, 6.07) is 19.5. The third-order valence-electron chi connectivity index (χ3n) is 4.55. The molecule has 1 heterocycles. The largest absolute Gasteiger partial charge is 0.497 e. The molecule has 4 rings (SSSR count). The molecule has 31 heavy (non-hydrogen) atoms. The number of thioether (sulfide) groups is 1. The van der Waals surface area contributed by atoms with Crippen LogP contribution in [0, 0.1) is 0 Å². The van der Waals surface area contributed by atoms with Gasteiger partial charge in [-0.15, -0.1) is 11.8 Å². The molecule has 0 bridgehead atoms. The van der Waals surface area contributed by atoms with Gasteiger partial charge in [-0.25, -0.2) is 0 Å². The van der Waals surface area contributed by atoms with Crippen LogP contribution in [0.3, 0.4) is 0 Å². The minimum Gasteiger partial charge on any atom is -0.497 e. The number of esters is 1. The fraction of sp³-hybridized carbons (Fsp3) is 0.174. The highest BCUT2D eigenvalue weighted by Gasteiger charge is 2.15. The topological polar surface area (TPSA) is 83.7 Å². The molecular weight excluding hydrogens is 416 g/mol. The van der Waals surface area contributed by atoms with Crippen LogP contribution >= 0.6 is 11.8 Å². The second kappa shape index (κ2) is 9.53. The van der Waals surface area contributed by atoms with E-state index < -0.39 is 0 Å². The van der Waals surface area contributed by atoms with Gasteiger partial charge >= 0.3 is 5.97 Å². The van der Waals surface area contributed by atoms with Gasteiger partial charge < -0.3 is 18.7 Å². The van der Waals surface area contributed by atoms with E-state index in [1.807, 2.05) is 30.3 Å². The average molecular weight is 436 g/mol. The van der Waals surface area contributed by atoms with Crippen molar-refractivity contribution in [3.63, 3.8) is 0 Å². The molecule has 0 radical (unpaired) electrons. The number of hydrogen-bond donors (Lipinski definition) is 0. The second-order valence-corrected chi connectivity index (χ2v) is 7.59. The van der Waals surface area contributed by atoms with Gasteiger partial charge in [0.25, 0.3) is 5.89 Å².